The van der Waals surface area contributed by atoms with Crippen LogP contribution in [0.25, 0.3) is 0 Å². The van der Waals surface area contributed by atoms with Crippen molar-refractivity contribution < 1.29 is 4.74 Å². The van der Waals surface area contributed by atoms with Crippen LogP contribution in [0, 0.1) is 5.92 Å². The number of hydrogen-bond acceptors (Lipinski definition) is 2. The molecule has 1 aliphatic carbocycles. The zero-order valence-corrected chi connectivity index (χ0v) is 13.9. The molecule has 118 valence electrons. The standard InChI is InChI=1S/C19H31NO/c1-15(14-18-12-8-9-13-19(18)21-3)20-16(2)17-10-6-4-5-7-11-17/h8-9,12-13,15-17,20H,4-7,10-11,14H2,1-3H3/t15?,16-/m1/s1. The molecule has 2 atom stereocenters. The molecule has 0 aliphatic heterocycles. The van der Waals surface area contributed by atoms with Gasteiger partial charge >= 0.3 is 0 Å². The van der Waals surface area contributed by atoms with Crippen molar-refractivity contribution in [3.05, 3.63) is 29.8 Å². The molecule has 0 radical (unpaired) electrons. The van der Waals surface area contributed by atoms with Gasteiger partial charge in [0.05, 0.1) is 7.11 Å². The van der Waals surface area contributed by atoms with E-state index in [1.165, 1.54) is 44.1 Å². The van der Waals surface area contributed by atoms with Gasteiger partial charge in [0.15, 0.2) is 0 Å². The molecule has 0 aromatic heterocycles. The van der Waals surface area contributed by atoms with Crippen molar-refractivity contribution in [3.8, 4) is 5.75 Å². The van der Waals surface area contributed by atoms with Crippen LogP contribution in [-0.4, -0.2) is 19.2 Å². The zero-order chi connectivity index (χ0) is 15.1. The molecule has 1 saturated carbocycles. The van der Waals surface area contributed by atoms with Crippen molar-refractivity contribution in [1.29, 1.82) is 0 Å². The van der Waals surface area contributed by atoms with E-state index in [1.54, 1.807) is 7.11 Å². The van der Waals surface area contributed by atoms with Gasteiger partial charge < -0.3 is 10.1 Å². The van der Waals surface area contributed by atoms with Crippen LogP contribution in [0.3, 0.4) is 0 Å². The number of ether oxygens (including phenoxy) is 1. The highest BCUT2D eigenvalue weighted by Gasteiger charge is 2.20. The molecule has 1 aliphatic rings. The molecule has 0 spiro atoms. The Bertz CT molecular complexity index is 410. The fourth-order valence-corrected chi connectivity index (χ4v) is 3.66. The van der Waals surface area contributed by atoms with Crippen LogP contribution in [0.4, 0.5) is 0 Å². The van der Waals surface area contributed by atoms with Gasteiger partial charge in [0.2, 0.25) is 0 Å². The lowest BCUT2D eigenvalue weighted by Gasteiger charge is -2.27. The normalized spacial score (nSPS) is 19.8. The predicted molar refractivity (Wildman–Crippen MR) is 89.9 cm³/mol. The summed E-state index contributed by atoms with van der Waals surface area (Å²) in [5, 5.41) is 3.82. The molecule has 0 bridgehead atoms. The maximum Gasteiger partial charge on any atom is 0.122 e. The Hall–Kier alpha value is -1.02. The highest BCUT2D eigenvalue weighted by Crippen LogP contribution is 2.26. The van der Waals surface area contributed by atoms with Crippen LogP contribution < -0.4 is 10.1 Å². The Balaban J connectivity index is 1.86. The number of benzene rings is 1. The summed E-state index contributed by atoms with van der Waals surface area (Å²) in [5.74, 6) is 1.86. The second-order valence-electron chi connectivity index (χ2n) is 6.62. The summed E-state index contributed by atoms with van der Waals surface area (Å²) >= 11 is 0. The van der Waals surface area contributed by atoms with Gasteiger partial charge in [-0.3, -0.25) is 0 Å². The topological polar surface area (TPSA) is 21.3 Å². The predicted octanol–water partition coefficient (Wildman–Crippen LogP) is 4.57. The molecule has 21 heavy (non-hydrogen) atoms. The van der Waals surface area contributed by atoms with Gasteiger partial charge in [0, 0.05) is 12.1 Å². The highest BCUT2D eigenvalue weighted by atomic mass is 16.5. The van der Waals surface area contributed by atoms with Gasteiger partial charge in [-0.1, -0.05) is 43.9 Å². The molecular weight excluding hydrogens is 258 g/mol. The van der Waals surface area contributed by atoms with E-state index in [2.05, 4.69) is 37.4 Å². The minimum absolute atomic E-state index is 0.486. The van der Waals surface area contributed by atoms with Gasteiger partial charge in [0.1, 0.15) is 5.75 Å². The van der Waals surface area contributed by atoms with Crippen LogP contribution in [0.2, 0.25) is 0 Å². The summed E-state index contributed by atoms with van der Waals surface area (Å²) in [6.07, 6.45) is 9.52. The Morgan fingerprint density at radius 1 is 1.10 bits per heavy atom. The molecule has 2 nitrogen and oxygen atoms in total. The average Bonchev–Trinajstić information content (AvgIpc) is 2.76. The maximum atomic E-state index is 5.46. The number of methoxy groups -OCH3 is 1. The van der Waals surface area contributed by atoms with Gasteiger partial charge in [-0.2, -0.15) is 0 Å². The third-order valence-electron chi connectivity index (χ3n) is 4.87. The summed E-state index contributed by atoms with van der Waals surface area (Å²) < 4.78 is 5.46. The van der Waals surface area contributed by atoms with Crippen LogP contribution >= 0.6 is 0 Å². The molecule has 0 amide bonds. The largest absolute Gasteiger partial charge is 0.496 e. The molecule has 0 heterocycles. The number of rotatable bonds is 6. The summed E-state index contributed by atoms with van der Waals surface area (Å²) in [5.41, 5.74) is 1.30. The molecule has 1 aromatic rings. The number of hydrogen-bond donors (Lipinski definition) is 1. The lowest BCUT2D eigenvalue weighted by molar-refractivity contribution is 0.312. The average molecular weight is 289 g/mol. The lowest BCUT2D eigenvalue weighted by atomic mass is 9.92. The minimum Gasteiger partial charge on any atom is -0.496 e. The van der Waals surface area contributed by atoms with E-state index in [1.807, 2.05) is 6.07 Å². The van der Waals surface area contributed by atoms with Gasteiger partial charge in [-0.25, -0.2) is 0 Å². The number of nitrogens with one attached hydrogen (secondary N) is 1. The zero-order valence-electron chi connectivity index (χ0n) is 13.9. The highest BCUT2D eigenvalue weighted by molar-refractivity contribution is 5.33. The van der Waals surface area contributed by atoms with Gasteiger partial charge in [-0.15, -0.1) is 0 Å². The molecule has 2 rings (SSSR count). The second kappa shape index (κ2) is 8.43. The first-order chi connectivity index (χ1) is 10.2. The maximum absolute atomic E-state index is 5.46. The van der Waals surface area contributed by atoms with E-state index in [9.17, 15) is 0 Å². The summed E-state index contributed by atoms with van der Waals surface area (Å²) in [6.45, 7) is 4.66. The Morgan fingerprint density at radius 3 is 2.43 bits per heavy atom. The monoisotopic (exact) mass is 289 g/mol. The lowest BCUT2D eigenvalue weighted by Crippen LogP contribution is -2.40. The summed E-state index contributed by atoms with van der Waals surface area (Å²) in [7, 11) is 1.76. The van der Waals surface area contributed by atoms with E-state index >= 15 is 0 Å². The Morgan fingerprint density at radius 2 is 1.76 bits per heavy atom. The first-order valence-corrected chi connectivity index (χ1v) is 8.58. The fraction of sp³-hybridized carbons (Fsp3) is 0.684. The van der Waals surface area contributed by atoms with Crippen molar-refractivity contribution in [2.75, 3.05) is 7.11 Å². The van der Waals surface area contributed by atoms with Crippen molar-refractivity contribution in [3.63, 3.8) is 0 Å². The Kier molecular flexibility index (Phi) is 6.56. The van der Waals surface area contributed by atoms with Crippen LogP contribution in [0.15, 0.2) is 24.3 Å². The van der Waals surface area contributed by atoms with Gasteiger partial charge in [0.25, 0.3) is 0 Å². The summed E-state index contributed by atoms with van der Waals surface area (Å²) in [6, 6.07) is 9.46. The third-order valence-corrected chi connectivity index (χ3v) is 4.87. The SMILES string of the molecule is COc1ccccc1CC(C)N[C@H](C)C1CCCCCC1. The van der Waals surface area contributed by atoms with Crippen molar-refractivity contribution in [2.45, 2.75) is 70.9 Å². The Labute approximate surface area is 130 Å². The molecular formula is C19H31NO. The molecule has 1 aromatic carbocycles. The first kappa shape index (κ1) is 16.4. The smallest absolute Gasteiger partial charge is 0.122 e. The van der Waals surface area contributed by atoms with E-state index in [0.29, 0.717) is 12.1 Å². The summed E-state index contributed by atoms with van der Waals surface area (Å²) in [4.78, 5) is 0. The van der Waals surface area contributed by atoms with E-state index in [-0.39, 0.29) is 0 Å². The molecule has 2 heteroatoms. The molecule has 1 N–H and O–H groups in total. The molecule has 1 unspecified atom stereocenters. The van der Waals surface area contributed by atoms with Gasteiger partial charge in [-0.05, 0) is 50.7 Å². The van der Waals surface area contributed by atoms with E-state index < -0.39 is 0 Å². The first-order valence-electron chi connectivity index (χ1n) is 8.58. The van der Waals surface area contributed by atoms with Crippen molar-refractivity contribution >= 4 is 0 Å². The van der Waals surface area contributed by atoms with Crippen molar-refractivity contribution in [1.82, 2.24) is 5.32 Å². The van der Waals surface area contributed by atoms with Crippen LogP contribution in [0.1, 0.15) is 57.9 Å². The quantitative estimate of drug-likeness (QED) is 0.774. The van der Waals surface area contributed by atoms with E-state index in [0.717, 1.165) is 18.1 Å². The fourth-order valence-electron chi connectivity index (χ4n) is 3.66. The van der Waals surface area contributed by atoms with E-state index in [4.69, 9.17) is 4.74 Å². The molecule has 1 fully saturated rings. The molecule has 0 saturated heterocycles. The number of para-hydroxylation sites is 1. The second-order valence-corrected chi connectivity index (χ2v) is 6.62. The van der Waals surface area contributed by atoms with Crippen molar-refractivity contribution in [2.24, 2.45) is 5.92 Å². The van der Waals surface area contributed by atoms with Crippen LogP contribution in [0.5, 0.6) is 5.75 Å². The minimum atomic E-state index is 0.486. The van der Waals surface area contributed by atoms with Crippen LogP contribution in [-0.2, 0) is 6.42 Å². The third kappa shape index (κ3) is 5.03.